The van der Waals surface area contributed by atoms with Crippen LogP contribution in [-0.4, -0.2) is 16.3 Å². The van der Waals surface area contributed by atoms with Gasteiger partial charge in [0.1, 0.15) is 0 Å². The highest BCUT2D eigenvalue weighted by Crippen LogP contribution is 2.41. The van der Waals surface area contributed by atoms with Crippen molar-refractivity contribution in [2.24, 2.45) is 0 Å². The van der Waals surface area contributed by atoms with Gasteiger partial charge < -0.3 is 4.42 Å². The van der Waals surface area contributed by atoms with E-state index in [2.05, 4.69) is 0 Å². The van der Waals surface area contributed by atoms with Crippen molar-refractivity contribution in [3.63, 3.8) is 0 Å². The van der Waals surface area contributed by atoms with Crippen LogP contribution < -0.4 is 0 Å². The van der Waals surface area contributed by atoms with Crippen LogP contribution in [0.3, 0.4) is 0 Å². The van der Waals surface area contributed by atoms with Crippen LogP contribution >= 0.6 is 11.8 Å². The van der Waals surface area contributed by atoms with E-state index < -0.39 is 10.6 Å². The molecule has 1 aliphatic rings. The van der Waals surface area contributed by atoms with Crippen molar-refractivity contribution in [1.82, 2.24) is 0 Å². The molecule has 0 aliphatic carbocycles. The molecule has 1 atom stereocenters. The zero-order valence-corrected chi connectivity index (χ0v) is 10.8. The Kier molecular flexibility index (Phi) is 2.70. The second-order valence-corrected chi connectivity index (χ2v) is 6.38. The fourth-order valence-electron chi connectivity index (χ4n) is 2.36. The van der Waals surface area contributed by atoms with Crippen molar-refractivity contribution in [3.8, 4) is 0 Å². The Morgan fingerprint density at radius 1 is 1.50 bits per heavy atom. The van der Waals surface area contributed by atoms with E-state index in [1.54, 1.807) is 30.0 Å². The first kappa shape index (κ1) is 11.8. The molecule has 1 aliphatic heterocycles. The minimum absolute atomic E-state index is 0.0272. The summed E-state index contributed by atoms with van der Waals surface area (Å²) >= 11 is 1.66. The Balaban J connectivity index is 2.04. The minimum Gasteiger partial charge on any atom is -0.450 e. The molecule has 0 radical (unpaired) electrons. The normalized spacial score (nSPS) is 23.7. The monoisotopic (exact) mass is 264 g/mol. The van der Waals surface area contributed by atoms with Gasteiger partial charge in [0, 0.05) is 5.39 Å². The average molecular weight is 264 g/mol. The van der Waals surface area contributed by atoms with Crippen LogP contribution in [0.4, 0.5) is 4.39 Å². The molecule has 0 spiro atoms. The number of benzene rings is 1. The van der Waals surface area contributed by atoms with Crippen molar-refractivity contribution in [1.29, 1.82) is 0 Å². The molecule has 2 nitrogen and oxygen atoms in total. The summed E-state index contributed by atoms with van der Waals surface area (Å²) in [4.78, 5) is 12.4. The molecule has 1 unspecified atom stereocenters. The predicted molar refractivity (Wildman–Crippen MR) is 70.6 cm³/mol. The molecule has 1 fully saturated rings. The highest BCUT2D eigenvalue weighted by molar-refractivity contribution is 8.01. The second kappa shape index (κ2) is 4.12. The molecule has 1 aromatic heterocycles. The van der Waals surface area contributed by atoms with E-state index in [1.807, 2.05) is 6.92 Å². The molecular weight excluding hydrogens is 251 g/mol. The lowest BCUT2D eigenvalue weighted by Gasteiger charge is -2.18. The molecule has 2 aromatic rings. The average Bonchev–Trinajstić information content (AvgIpc) is 2.96. The summed E-state index contributed by atoms with van der Waals surface area (Å²) < 4.78 is 18.5. The summed E-state index contributed by atoms with van der Waals surface area (Å²) in [6, 6.07) is 6.35. The predicted octanol–water partition coefficient (Wildman–Crippen LogP) is 4.04. The number of furan rings is 1. The van der Waals surface area contributed by atoms with Crippen molar-refractivity contribution in [3.05, 3.63) is 35.8 Å². The molecule has 0 N–H and O–H groups in total. The van der Waals surface area contributed by atoms with Crippen LogP contribution in [0, 0.1) is 5.82 Å². The smallest absolute Gasteiger partial charge is 0.213 e. The molecular formula is C14H13FO2S. The lowest BCUT2D eigenvalue weighted by Crippen LogP contribution is -2.28. The zero-order valence-electron chi connectivity index (χ0n) is 10.0. The second-order valence-electron chi connectivity index (χ2n) is 4.78. The molecule has 0 amide bonds. The maximum atomic E-state index is 13.5. The van der Waals surface area contributed by atoms with Crippen molar-refractivity contribution in [2.75, 3.05) is 5.75 Å². The zero-order chi connectivity index (χ0) is 12.8. The Morgan fingerprint density at radius 3 is 3.00 bits per heavy atom. The van der Waals surface area contributed by atoms with Gasteiger partial charge in [-0.15, -0.1) is 11.8 Å². The number of halogens is 1. The van der Waals surface area contributed by atoms with Gasteiger partial charge in [0.05, 0.1) is 4.75 Å². The number of para-hydroxylation sites is 1. The van der Waals surface area contributed by atoms with Gasteiger partial charge >= 0.3 is 0 Å². The van der Waals surface area contributed by atoms with E-state index in [0.717, 1.165) is 18.6 Å². The number of hydrogen-bond acceptors (Lipinski definition) is 3. The molecule has 18 heavy (non-hydrogen) atoms. The number of Topliss-reactive ketones (excluding diaryl/α,β-unsaturated/α-hetero) is 1. The van der Waals surface area contributed by atoms with E-state index in [1.165, 1.54) is 6.07 Å². The van der Waals surface area contributed by atoms with Gasteiger partial charge in [-0.25, -0.2) is 4.39 Å². The molecule has 1 saturated heterocycles. The number of fused-ring (bicyclic) bond motifs is 1. The third-order valence-corrected chi connectivity index (χ3v) is 4.94. The van der Waals surface area contributed by atoms with Crippen LogP contribution in [0.25, 0.3) is 11.0 Å². The lowest BCUT2D eigenvalue weighted by molar-refractivity contribution is 0.0923. The van der Waals surface area contributed by atoms with E-state index in [-0.39, 0.29) is 17.1 Å². The van der Waals surface area contributed by atoms with Gasteiger partial charge in [-0.3, -0.25) is 4.79 Å². The van der Waals surface area contributed by atoms with Crippen molar-refractivity contribution in [2.45, 2.75) is 24.5 Å². The number of carbonyl (C=O) groups is 1. The first-order chi connectivity index (χ1) is 8.60. The molecule has 4 heteroatoms. The maximum absolute atomic E-state index is 13.5. The SMILES string of the molecule is CC1(C(=O)c2cc3cccc(F)c3o2)CCCS1. The lowest BCUT2D eigenvalue weighted by atomic mass is 9.98. The van der Waals surface area contributed by atoms with E-state index in [9.17, 15) is 9.18 Å². The number of ketones is 1. The highest BCUT2D eigenvalue weighted by atomic mass is 32.2. The number of carbonyl (C=O) groups excluding carboxylic acids is 1. The first-order valence-electron chi connectivity index (χ1n) is 5.97. The van der Waals surface area contributed by atoms with Crippen LogP contribution in [0.1, 0.15) is 30.3 Å². The summed E-state index contributed by atoms with van der Waals surface area (Å²) in [7, 11) is 0. The summed E-state index contributed by atoms with van der Waals surface area (Å²) in [6.07, 6.45) is 1.90. The Labute approximate surface area is 109 Å². The van der Waals surface area contributed by atoms with Crippen LogP contribution in [0.15, 0.2) is 28.7 Å². The molecule has 94 valence electrons. The van der Waals surface area contributed by atoms with Crippen LogP contribution in [0.2, 0.25) is 0 Å². The summed E-state index contributed by atoms with van der Waals surface area (Å²) in [5.74, 6) is 0.819. The molecule has 0 bridgehead atoms. The summed E-state index contributed by atoms with van der Waals surface area (Å²) in [5.41, 5.74) is 0.174. The molecule has 3 rings (SSSR count). The fourth-order valence-corrected chi connectivity index (χ4v) is 3.62. The van der Waals surface area contributed by atoms with Gasteiger partial charge in [-0.2, -0.15) is 0 Å². The van der Waals surface area contributed by atoms with Gasteiger partial charge in [0.15, 0.2) is 17.2 Å². The van der Waals surface area contributed by atoms with Gasteiger partial charge in [-0.05, 0) is 37.7 Å². The van der Waals surface area contributed by atoms with E-state index in [4.69, 9.17) is 4.42 Å². The Hall–Kier alpha value is -1.29. The van der Waals surface area contributed by atoms with Crippen LogP contribution in [0.5, 0.6) is 0 Å². The largest absolute Gasteiger partial charge is 0.450 e. The van der Waals surface area contributed by atoms with E-state index >= 15 is 0 Å². The fraction of sp³-hybridized carbons (Fsp3) is 0.357. The summed E-state index contributed by atoms with van der Waals surface area (Å²) in [6.45, 7) is 1.94. The number of rotatable bonds is 2. The minimum atomic E-state index is -0.421. The van der Waals surface area contributed by atoms with E-state index in [0.29, 0.717) is 5.39 Å². The third-order valence-electron chi connectivity index (χ3n) is 3.42. The van der Waals surface area contributed by atoms with Gasteiger partial charge in [-0.1, -0.05) is 12.1 Å². The standard InChI is InChI=1S/C14H13FO2S/c1-14(6-3-7-18-14)13(16)11-8-9-4-2-5-10(15)12(9)17-11/h2,4-5,8H,3,6-7H2,1H3. The van der Waals surface area contributed by atoms with Crippen molar-refractivity contribution < 1.29 is 13.6 Å². The van der Waals surface area contributed by atoms with Gasteiger partial charge in [0.2, 0.25) is 5.78 Å². The quantitative estimate of drug-likeness (QED) is 0.767. The van der Waals surface area contributed by atoms with Crippen molar-refractivity contribution >= 4 is 28.5 Å². The maximum Gasteiger partial charge on any atom is 0.213 e. The van der Waals surface area contributed by atoms with Crippen LogP contribution in [-0.2, 0) is 0 Å². The Morgan fingerprint density at radius 2 is 2.33 bits per heavy atom. The molecule has 2 heterocycles. The number of thioether (sulfide) groups is 1. The Bertz CT molecular complexity index is 611. The molecule has 1 aromatic carbocycles. The first-order valence-corrected chi connectivity index (χ1v) is 6.95. The van der Waals surface area contributed by atoms with Gasteiger partial charge in [0.25, 0.3) is 0 Å². The topological polar surface area (TPSA) is 30.2 Å². The molecule has 0 saturated carbocycles. The summed E-state index contributed by atoms with van der Waals surface area (Å²) in [5, 5.41) is 0.643. The number of hydrogen-bond donors (Lipinski definition) is 0. The third kappa shape index (κ3) is 1.75. The highest BCUT2D eigenvalue weighted by Gasteiger charge is 2.39.